The molecule has 0 saturated carbocycles. The molecule has 1 heteroatoms. The van der Waals surface area contributed by atoms with Crippen LogP contribution >= 0.6 is 0 Å². The predicted octanol–water partition coefficient (Wildman–Crippen LogP) is 7.39. The van der Waals surface area contributed by atoms with Crippen molar-refractivity contribution in [1.29, 1.82) is 0 Å². The smallest absolute Gasteiger partial charge is 0.0389 e. The van der Waals surface area contributed by atoms with Gasteiger partial charge in [-0.05, 0) is 69.1 Å². The van der Waals surface area contributed by atoms with Crippen LogP contribution in [0.4, 0.5) is 0 Å². The van der Waals surface area contributed by atoms with E-state index in [0.717, 1.165) is 6.54 Å². The van der Waals surface area contributed by atoms with E-state index in [1.54, 1.807) is 5.57 Å². The Balaban J connectivity index is 2.63. The molecule has 0 fully saturated rings. The average Bonchev–Trinajstić information content (AvgIpc) is 2.53. The summed E-state index contributed by atoms with van der Waals surface area (Å²) in [5.74, 6) is 0. The second kappa shape index (κ2) is 11.1. The van der Waals surface area contributed by atoms with Crippen LogP contribution in [0.15, 0.2) is 63.7 Å². The molecule has 138 valence electrons. The Morgan fingerprint density at radius 1 is 1.12 bits per heavy atom. The quantitative estimate of drug-likeness (QED) is 0.248. The molecular formula is C24H37N. The summed E-state index contributed by atoms with van der Waals surface area (Å²) in [6.07, 6.45) is 21.2. The molecular weight excluding hydrogens is 302 g/mol. The third-order valence-electron chi connectivity index (χ3n) is 4.86. The summed E-state index contributed by atoms with van der Waals surface area (Å²) in [6, 6.07) is 0. The van der Waals surface area contributed by atoms with Crippen molar-refractivity contribution in [3.05, 3.63) is 58.7 Å². The van der Waals surface area contributed by atoms with E-state index >= 15 is 0 Å². The Morgan fingerprint density at radius 3 is 2.52 bits per heavy atom. The first kappa shape index (κ1) is 21.4. The zero-order valence-corrected chi connectivity index (χ0v) is 17.2. The first-order chi connectivity index (χ1) is 11.9. The highest BCUT2D eigenvalue weighted by atomic mass is 14.7. The number of rotatable bonds is 8. The van der Waals surface area contributed by atoms with Gasteiger partial charge in [-0.15, -0.1) is 0 Å². The first-order valence-electron chi connectivity index (χ1n) is 9.77. The SMILES string of the molecule is CCCCN=C\C=C(C)/C=C/C=C(C)/C=C/C1=C(C)CCCC1(C)C. The maximum absolute atomic E-state index is 4.38. The Morgan fingerprint density at radius 2 is 1.84 bits per heavy atom. The Bertz CT molecular complexity index is 592. The van der Waals surface area contributed by atoms with Crippen molar-refractivity contribution < 1.29 is 0 Å². The lowest BCUT2D eigenvalue weighted by Gasteiger charge is -2.32. The molecule has 0 aromatic rings. The van der Waals surface area contributed by atoms with Crippen molar-refractivity contribution in [1.82, 2.24) is 0 Å². The maximum atomic E-state index is 4.38. The molecule has 0 unspecified atom stereocenters. The van der Waals surface area contributed by atoms with Gasteiger partial charge in [-0.25, -0.2) is 0 Å². The van der Waals surface area contributed by atoms with Gasteiger partial charge in [0.15, 0.2) is 0 Å². The molecule has 0 aromatic carbocycles. The fourth-order valence-corrected chi connectivity index (χ4v) is 3.18. The van der Waals surface area contributed by atoms with Crippen molar-refractivity contribution in [3.8, 4) is 0 Å². The molecule has 0 radical (unpaired) electrons. The van der Waals surface area contributed by atoms with Crippen LogP contribution in [-0.4, -0.2) is 12.8 Å². The molecule has 0 amide bonds. The summed E-state index contributed by atoms with van der Waals surface area (Å²) < 4.78 is 0. The molecule has 0 saturated heterocycles. The van der Waals surface area contributed by atoms with E-state index < -0.39 is 0 Å². The van der Waals surface area contributed by atoms with Crippen LogP contribution in [-0.2, 0) is 0 Å². The van der Waals surface area contributed by atoms with Crippen molar-refractivity contribution >= 4 is 6.21 Å². The summed E-state index contributed by atoms with van der Waals surface area (Å²) >= 11 is 0. The van der Waals surface area contributed by atoms with Gasteiger partial charge in [0.2, 0.25) is 0 Å². The van der Waals surface area contributed by atoms with E-state index in [9.17, 15) is 0 Å². The lowest BCUT2D eigenvalue weighted by atomic mass is 9.72. The first-order valence-corrected chi connectivity index (χ1v) is 9.77. The van der Waals surface area contributed by atoms with Gasteiger partial charge < -0.3 is 0 Å². The fourth-order valence-electron chi connectivity index (χ4n) is 3.18. The molecule has 0 heterocycles. The molecule has 1 aliphatic rings. The predicted molar refractivity (Wildman–Crippen MR) is 114 cm³/mol. The van der Waals surface area contributed by atoms with Crippen molar-refractivity contribution in [2.75, 3.05) is 6.54 Å². The van der Waals surface area contributed by atoms with E-state index in [1.807, 2.05) is 6.21 Å². The molecule has 0 aromatic heterocycles. The molecule has 0 spiro atoms. The topological polar surface area (TPSA) is 12.4 Å². The van der Waals surface area contributed by atoms with Crippen molar-refractivity contribution in [2.24, 2.45) is 10.4 Å². The fraction of sp³-hybridized carbons (Fsp3) is 0.542. The van der Waals surface area contributed by atoms with E-state index in [4.69, 9.17) is 0 Å². The van der Waals surface area contributed by atoms with E-state index in [2.05, 4.69) is 83.0 Å². The lowest BCUT2D eigenvalue weighted by molar-refractivity contribution is 0.377. The summed E-state index contributed by atoms with van der Waals surface area (Å²) in [5, 5.41) is 0. The lowest BCUT2D eigenvalue weighted by Crippen LogP contribution is -2.19. The van der Waals surface area contributed by atoms with Crippen LogP contribution < -0.4 is 0 Å². The van der Waals surface area contributed by atoms with Crippen LogP contribution in [0.3, 0.4) is 0 Å². The standard InChI is InChI=1S/C24H37N/c1-7-8-18-25-19-16-21(3)12-9-11-20(2)14-15-23-22(4)13-10-17-24(23,5)6/h9,11-12,14-16,19H,7-8,10,13,17-18H2,1-6H3/b12-9+,15-14+,20-11+,21-16-,25-19?. The van der Waals surface area contributed by atoms with Gasteiger partial charge >= 0.3 is 0 Å². The second-order valence-electron chi connectivity index (χ2n) is 7.85. The minimum absolute atomic E-state index is 0.311. The van der Waals surface area contributed by atoms with Crippen molar-refractivity contribution in [3.63, 3.8) is 0 Å². The van der Waals surface area contributed by atoms with E-state index in [-0.39, 0.29) is 0 Å². The zero-order chi connectivity index (χ0) is 18.7. The summed E-state index contributed by atoms with van der Waals surface area (Å²) in [7, 11) is 0. The molecule has 1 aliphatic carbocycles. The van der Waals surface area contributed by atoms with Crippen LogP contribution in [0.5, 0.6) is 0 Å². The highest BCUT2D eigenvalue weighted by Gasteiger charge is 2.26. The van der Waals surface area contributed by atoms with Gasteiger partial charge in [0.05, 0.1) is 0 Å². The Hall–Kier alpha value is -1.63. The number of aliphatic imine (C=N–C) groups is 1. The largest absolute Gasteiger partial charge is 0.293 e. The monoisotopic (exact) mass is 339 g/mol. The summed E-state index contributed by atoms with van der Waals surface area (Å²) in [4.78, 5) is 4.38. The molecule has 0 N–H and O–H groups in total. The molecule has 25 heavy (non-hydrogen) atoms. The minimum Gasteiger partial charge on any atom is -0.293 e. The van der Waals surface area contributed by atoms with Crippen LogP contribution in [0.25, 0.3) is 0 Å². The summed E-state index contributed by atoms with van der Waals surface area (Å²) in [6.45, 7) is 14.4. The molecule has 0 atom stereocenters. The van der Waals surface area contributed by atoms with Gasteiger partial charge in [0, 0.05) is 12.8 Å². The third-order valence-corrected chi connectivity index (χ3v) is 4.86. The van der Waals surface area contributed by atoms with Crippen molar-refractivity contribution in [2.45, 2.75) is 73.6 Å². The third kappa shape index (κ3) is 8.34. The van der Waals surface area contributed by atoms with Gasteiger partial charge in [-0.1, -0.05) is 68.7 Å². The number of hydrogen-bond acceptors (Lipinski definition) is 1. The highest BCUT2D eigenvalue weighted by molar-refractivity contribution is 5.72. The summed E-state index contributed by atoms with van der Waals surface area (Å²) in [5.41, 5.74) is 5.89. The average molecular weight is 340 g/mol. The zero-order valence-electron chi connectivity index (χ0n) is 17.2. The van der Waals surface area contributed by atoms with Crippen LogP contribution in [0, 0.1) is 5.41 Å². The number of nitrogens with zero attached hydrogens (tertiary/aromatic N) is 1. The number of allylic oxidation sites excluding steroid dienone is 10. The van der Waals surface area contributed by atoms with E-state index in [1.165, 1.54) is 48.8 Å². The minimum atomic E-state index is 0.311. The van der Waals surface area contributed by atoms with Crippen LogP contribution in [0.1, 0.15) is 73.6 Å². The van der Waals surface area contributed by atoms with Crippen LogP contribution in [0.2, 0.25) is 0 Å². The molecule has 0 aliphatic heterocycles. The van der Waals surface area contributed by atoms with Gasteiger partial charge in [0.1, 0.15) is 0 Å². The highest BCUT2D eigenvalue weighted by Crippen LogP contribution is 2.40. The molecule has 1 rings (SSSR count). The number of hydrogen-bond donors (Lipinski definition) is 0. The Labute approximate surface area is 156 Å². The van der Waals surface area contributed by atoms with E-state index in [0.29, 0.717) is 5.41 Å². The van der Waals surface area contributed by atoms with Gasteiger partial charge in [-0.3, -0.25) is 4.99 Å². The Kier molecular flexibility index (Phi) is 9.49. The maximum Gasteiger partial charge on any atom is 0.0389 e. The second-order valence-corrected chi connectivity index (χ2v) is 7.85. The molecule has 1 nitrogen and oxygen atoms in total. The van der Waals surface area contributed by atoms with Gasteiger partial charge in [0.25, 0.3) is 0 Å². The van der Waals surface area contributed by atoms with Gasteiger partial charge in [-0.2, -0.15) is 0 Å². The molecule has 0 bridgehead atoms. The number of unbranched alkanes of at least 4 members (excludes halogenated alkanes) is 1. The normalized spacial score (nSPS) is 19.8.